The standard InChI is InChI=1S/C16H25NO3/c1-7-16(3,4)17(5)15(18)12-9-10-13(19-6)14(11-12)20-8-2/h9-11H,7-8H2,1-6H3. The molecule has 1 aromatic carbocycles. The Morgan fingerprint density at radius 1 is 1.25 bits per heavy atom. The summed E-state index contributed by atoms with van der Waals surface area (Å²) < 4.78 is 10.7. The summed E-state index contributed by atoms with van der Waals surface area (Å²) in [5.41, 5.74) is 0.432. The maximum absolute atomic E-state index is 12.5. The van der Waals surface area contributed by atoms with E-state index in [0.29, 0.717) is 23.7 Å². The fourth-order valence-electron chi connectivity index (χ4n) is 1.78. The molecule has 112 valence electrons. The van der Waals surface area contributed by atoms with Crippen LogP contribution in [0.4, 0.5) is 0 Å². The minimum absolute atomic E-state index is 0.0135. The zero-order valence-electron chi connectivity index (χ0n) is 13.3. The van der Waals surface area contributed by atoms with Crippen LogP contribution in [0.3, 0.4) is 0 Å². The summed E-state index contributed by atoms with van der Waals surface area (Å²) >= 11 is 0. The zero-order chi connectivity index (χ0) is 15.3. The summed E-state index contributed by atoms with van der Waals surface area (Å²) in [7, 11) is 3.42. The lowest BCUT2D eigenvalue weighted by Crippen LogP contribution is -2.44. The van der Waals surface area contributed by atoms with Crippen LogP contribution in [0.5, 0.6) is 11.5 Å². The molecule has 0 spiro atoms. The van der Waals surface area contributed by atoms with E-state index in [0.717, 1.165) is 6.42 Å². The topological polar surface area (TPSA) is 38.8 Å². The molecule has 0 N–H and O–H groups in total. The smallest absolute Gasteiger partial charge is 0.254 e. The molecule has 0 saturated heterocycles. The highest BCUT2D eigenvalue weighted by Crippen LogP contribution is 2.29. The average Bonchev–Trinajstić information content (AvgIpc) is 2.45. The van der Waals surface area contributed by atoms with E-state index in [4.69, 9.17) is 9.47 Å². The molecule has 4 heteroatoms. The molecule has 0 atom stereocenters. The third kappa shape index (κ3) is 3.44. The van der Waals surface area contributed by atoms with Crippen molar-refractivity contribution in [2.45, 2.75) is 39.7 Å². The van der Waals surface area contributed by atoms with Gasteiger partial charge in [-0.1, -0.05) is 6.92 Å². The summed E-state index contributed by atoms with van der Waals surface area (Å²) in [6.45, 7) is 8.61. The normalized spacial score (nSPS) is 11.1. The fourth-order valence-corrected chi connectivity index (χ4v) is 1.78. The van der Waals surface area contributed by atoms with Crippen LogP contribution in [0, 0.1) is 0 Å². The van der Waals surface area contributed by atoms with E-state index in [-0.39, 0.29) is 11.4 Å². The number of nitrogens with zero attached hydrogens (tertiary/aromatic N) is 1. The van der Waals surface area contributed by atoms with Gasteiger partial charge in [0.1, 0.15) is 0 Å². The lowest BCUT2D eigenvalue weighted by atomic mass is 9.99. The molecular weight excluding hydrogens is 254 g/mol. The van der Waals surface area contributed by atoms with Crippen molar-refractivity contribution < 1.29 is 14.3 Å². The SMILES string of the molecule is CCOc1cc(C(=O)N(C)C(C)(C)CC)ccc1OC. The molecule has 0 saturated carbocycles. The van der Waals surface area contributed by atoms with Crippen LogP contribution in [0.1, 0.15) is 44.5 Å². The average molecular weight is 279 g/mol. The lowest BCUT2D eigenvalue weighted by molar-refractivity contribution is 0.0619. The predicted octanol–water partition coefficient (Wildman–Crippen LogP) is 3.35. The highest BCUT2D eigenvalue weighted by molar-refractivity contribution is 5.95. The second-order valence-corrected chi connectivity index (χ2v) is 5.33. The van der Waals surface area contributed by atoms with Crippen molar-refractivity contribution in [2.75, 3.05) is 20.8 Å². The van der Waals surface area contributed by atoms with E-state index < -0.39 is 0 Å². The summed E-state index contributed by atoms with van der Waals surface area (Å²) in [4.78, 5) is 14.3. The van der Waals surface area contributed by atoms with E-state index in [9.17, 15) is 4.79 Å². The van der Waals surface area contributed by atoms with Crippen molar-refractivity contribution in [1.29, 1.82) is 0 Å². The second kappa shape index (κ2) is 6.64. The molecule has 1 amide bonds. The molecule has 0 aliphatic carbocycles. The molecule has 4 nitrogen and oxygen atoms in total. The van der Waals surface area contributed by atoms with Gasteiger partial charge in [0.2, 0.25) is 0 Å². The van der Waals surface area contributed by atoms with E-state index in [1.807, 2.05) is 14.0 Å². The molecule has 0 radical (unpaired) electrons. The molecule has 0 aromatic heterocycles. The van der Waals surface area contributed by atoms with Crippen LogP contribution in [-0.4, -0.2) is 37.1 Å². The fraction of sp³-hybridized carbons (Fsp3) is 0.562. The number of methoxy groups -OCH3 is 1. The van der Waals surface area contributed by atoms with Gasteiger partial charge >= 0.3 is 0 Å². The van der Waals surface area contributed by atoms with Gasteiger partial charge in [-0.25, -0.2) is 0 Å². The first-order chi connectivity index (χ1) is 9.37. The second-order valence-electron chi connectivity index (χ2n) is 5.33. The maximum Gasteiger partial charge on any atom is 0.254 e. The lowest BCUT2D eigenvalue weighted by Gasteiger charge is -2.35. The van der Waals surface area contributed by atoms with Gasteiger partial charge in [0.05, 0.1) is 13.7 Å². The van der Waals surface area contributed by atoms with Crippen molar-refractivity contribution in [1.82, 2.24) is 4.90 Å². The summed E-state index contributed by atoms with van der Waals surface area (Å²) in [5.74, 6) is 1.23. The first-order valence-corrected chi connectivity index (χ1v) is 6.96. The Morgan fingerprint density at radius 3 is 2.40 bits per heavy atom. The Labute approximate surface area is 121 Å². The quantitative estimate of drug-likeness (QED) is 0.801. The van der Waals surface area contributed by atoms with Crippen LogP contribution in [0.15, 0.2) is 18.2 Å². The number of carbonyl (C=O) groups is 1. The van der Waals surface area contributed by atoms with Gasteiger partial charge in [0, 0.05) is 18.2 Å². The molecular formula is C16H25NO3. The number of rotatable bonds is 6. The van der Waals surface area contributed by atoms with E-state index in [1.54, 1.807) is 30.2 Å². The van der Waals surface area contributed by atoms with Crippen LogP contribution >= 0.6 is 0 Å². The van der Waals surface area contributed by atoms with Gasteiger partial charge in [-0.05, 0) is 45.4 Å². The van der Waals surface area contributed by atoms with Crippen LogP contribution in [-0.2, 0) is 0 Å². The Hall–Kier alpha value is -1.71. The summed E-state index contributed by atoms with van der Waals surface area (Å²) in [6.07, 6.45) is 0.893. The van der Waals surface area contributed by atoms with Gasteiger partial charge in [-0.15, -0.1) is 0 Å². The maximum atomic E-state index is 12.5. The zero-order valence-corrected chi connectivity index (χ0v) is 13.3. The minimum atomic E-state index is -0.178. The van der Waals surface area contributed by atoms with Gasteiger partial charge < -0.3 is 14.4 Å². The molecule has 0 aliphatic rings. The number of amides is 1. The largest absolute Gasteiger partial charge is 0.493 e. The van der Waals surface area contributed by atoms with Crippen LogP contribution in [0.25, 0.3) is 0 Å². The third-order valence-electron chi connectivity index (χ3n) is 3.79. The van der Waals surface area contributed by atoms with E-state index in [2.05, 4.69) is 20.8 Å². The van der Waals surface area contributed by atoms with Gasteiger partial charge in [0.25, 0.3) is 5.91 Å². The number of hydrogen-bond acceptors (Lipinski definition) is 3. The van der Waals surface area contributed by atoms with Gasteiger partial charge in [-0.2, -0.15) is 0 Å². The molecule has 1 rings (SSSR count). The molecule has 0 heterocycles. The van der Waals surface area contributed by atoms with Crippen LogP contribution < -0.4 is 9.47 Å². The molecule has 0 bridgehead atoms. The number of carbonyl (C=O) groups excluding carboxylic acids is 1. The van der Waals surface area contributed by atoms with E-state index >= 15 is 0 Å². The number of hydrogen-bond donors (Lipinski definition) is 0. The van der Waals surface area contributed by atoms with Gasteiger partial charge in [0.15, 0.2) is 11.5 Å². The minimum Gasteiger partial charge on any atom is -0.493 e. The van der Waals surface area contributed by atoms with Crippen molar-refractivity contribution in [3.8, 4) is 11.5 Å². The number of ether oxygens (including phenoxy) is 2. The molecule has 20 heavy (non-hydrogen) atoms. The highest BCUT2D eigenvalue weighted by Gasteiger charge is 2.26. The number of benzene rings is 1. The first-order valence-electron chi connectivity index (χ1n) is 6.96. The molecule has 0 unspecified atom stereocenters. The van der Waals surface area contributed by atoms with Crippen molar-refractivity contribution in [3.63, 3.8) is 0 Å². The van der Waals surface area contributed by atoms with Gasteiger partial charge in [-0.3, -0.25) is 4.79 Å². The summed E-state index contributed by atoms with van der Waals surface area (Å²) in [5, 5.41) is 0. The Morgan fingerprint density at radius 2 is 1.90 bits per heavy atom. The molecule has 0 fully saturated rings. The van der Waals surface area contributed by atoms with Crippen LogP contribution in [0.2, 0.25) is 0 Å². The van der Waals surface area contributed by atoms with Crippen molar-refractivity contribution in [2.24, 2.45) is 0 Å². The predicted molar refractivity (Wildman–Crippen MR) is 80.6 cm³/mol. The van der Waals surface area contributed by atoms with E-state index in [1.165, 1.54) is 0 Å². The third-order valence-corrected chi connectivity index (χ3v) is 3.79. The monoisotopic (exact) mass is 279 g/mol. The van der Waals surface area contributed by atoms with Crippen molar-refractivity contribution >= 4 is 5.91 Å². The molecule has 0 aliphatic heterocycles. The molecule has 1 aromatic rings. The Bertz CT molecular complexity index is 469. The van der Waals surface area contributed by atoms with Crippen molar-refractivity contribution in [3.05, 3.63) is 23.8 Å². The Balaban J connectivity index is 3.08. The summed E-state index contributed by atoms with van der Waals surface area (Å²) in [6, 6.07) is 5.28. The Kier molecular flexibility index (Phi) is 5.43. The first kappa shape index (κ1) is 16.3. The highest BCUT2D eigenvalue weighted by atomic mass is 16.5.